The van der Waals surface area contributed by atoms with Crippen LogP contribution in [0.25, 0.3) is 0 Å². The summed E-state index contributed by atoms with van der Waals surface area (Å²) in [6.45, 7) is 8.96. The van der Waals surface area contributed by atoms with E-state index in [1.165, 1.54) is 16.4 Å². The Morgan fingerprint density at radius 1 is 1.29 bits per heavy atom. The summed E-state index contributed by atoms with van der Waals surface area (Å²) in [6, 6.07) is 6.38. The zero-order chi connectivity index (χ0) is 20.6. The smallest absolute Gasteiger partial charge is 0.216 e. The van der Waals surface area contributed by atoms with Gasteiger partial charge in [0.25, 0.3) is 0 Å². The molecule has 9 heteroatoms. The second kappa shape index (κ2) is 10.7. The maximum Gasteiger partial charge on any atom is 0.216 e. The third-order valence-electron chi connectivity index (χ3n) is 4.36. The average Bonchev–Trinajstić information content (AvgIpc) is 2.65. The van der Waals surface area contributed by atoms with Crippen LogP contribution in [0.5, 0.6) is 0 Å². The van der Waals surface area contributed by atoms with E-state index in [9.17, 15) is 12.8 Å². The molecule has 1 aromatic rings. The van der Waals surface area contributed by atoms with Crippen molar-refractivity contribution in [2.75, 3.05) is 45.1 Å². The molecule has 1 aromatic carbocycles. The van der Waals surface area contributed by atoms with E-state index in [1.54, 1.807) is 6.07 Å². The van der Waals surface area contributed by atoms with Crippen LogP contribution in [-0.4, -0.2) is 74.8 Å². The molecule has 0 unspecified atom stereocenters. The van der Waals surface area contributed by atoms with Crippen molar-refractivity contribution in [3.8, 4) is 0 Å². The van der Waals surface area contributed by atoms with Gasteiger partial charge < -0.3 is 15.0 Å². The van der Waals surface area contributed by atoms with Crippen LogP contribution in [0.1, 0.15) is 26.3 Å². The van der Waals surface area contributed by atoms with Crippen LogP contribution in [0.15, 0.2) is 29.3 Å². The Bertz CT molecular complexity index is 747. The largest absolute Gasteiger partial charge is 0.378 e. The maximum atomic E-state index is 13.3. The van der Waals surface area contributed by atoms with Crippen molar-refractivity contribution in [1.29, 1.82) is 0 Å². The number of hydrogen-bond donors (Lipinski definition) is 1. The Balaban J connectivity index is 1.93. The average molecular weight is 415 g/mol. The highest BCUT2D eigenvalue weighted by Gasteiger charge is 2.28. The van der Waals surface area contributed by atoms with Crippen LogP contribution in [0, 0.1) is 5.82 Å². The quantitative estimate of drug-likeness (QED) is 0.517. The Morgan fingerprint density at radius 3 is 2.61 bits per heavy atom. The van der Waals surface area contributed by atoms with Crippen molar-refractivity contribution in [2.24, 2.45) is 4.99 Å². The number of aliphatic imine (C=N–C) groups is 1. The van der Waals surface area contributed by atoms with Gasteiger partial charge in [-0.2, -0.15) is 4.31 Å². The summed E-state index contributed by atoms with van der Waals surface area (Å²) in [5, 5.41) is 3.23. The zero-order valence-corrected chi connectivity index (χ0v) is 17.7. The minimum Gasteiger partial charge on any atom is -0.378 e. The second-order valence-corrected chi connectivity index (χ2v) is 9.01. The fraction of sp³-hybridized carbons (Fsp3) is 0.632. The number of nitrogens with zero attached hydrogens (tertiary/aromatic N) is 3. The molecule has 0 spiro atoms. The molecule has 2 rings (SSSR count). The van der Waals surface area contributed by atoms with Crippen molar-refractivity contribution in [2.45, 2.75) is 33.4 Å². The van der Waals surface area contributed by atoms with Crippen molar-refractivity contribution in [1.82, 2.24) is 14.5 Å². The van der Waals surface area contributed by atoms with Gasteiger partial charge >= 0.3 is 0 Å². The molecule has 1 saturated heterocycles. The number of halogens is 1. The van der Waals surface area contributed by atoms with Crippen molar-refractivity contribution >= 4 is 16.0 Å². The summed E-state index contributed by atoms with van der Waals surface area (Å²) < 4.78 is 45.1. The van der Waals surface area contributed by atoms with Gasteiger partial charge in [0.2, 0.25) is 10.0 Å². The molecule has 1 heterocycles. The molecule has 28 heavy (non-hydrogen) atoms. The number of sulfonamides is 1. The van der Waals surface area contributed by atoms with E-state index in [4.69, 9.17) is 4.74 Å². The number of ether oxygens (including phenoxy) is 1. The Kier molecular flexibility index (Phi) is 8.65. The van der Waals surface area contributed by atoms with E-state index in [-0.39, 0.29) is 24.3 Å². The van der Waals surface area contributed by atoms with E-state index in [0.29, 0.717) is 45.2 Å². The summed E-state index contributed by atoms with van der Waals surface area (Å²) in [5.41, 5.74) is 0.793. The first kappa shape index (κ1) is 22.6. The van der Waals surface area contributed by atoms with Gasteiger partial charge in [-0.25, -0.2) is 17.8 Å². The summed E-state index contributed by atoms with van der Waals surface area (Å²) in [4.78, 5) is 6.62. The van der Waals surface area contributed by atoms with Gasteiger partial charge in [-0.3, -0.25) is 0 Å². The Hall–Kier alpha value is -1.71. The second-order valence-electron chi connectivity index (χ2n) is 6.92. The van der Waals surface area contributed by atoms with Crippen LogP contribution in [0.3, 0.4) is 0 Å². The van der Waals surface area contributed by atoms with E-state index < -0.39 is 10.0 Å². The van der Waals surface area contributed by atoms with Crippen LogP contribution in [0.2, 0.25) is 0 Å². The molecular weight excluding hydrogens is 383 g/mol. The van der Waals surface area contributed by atoms with E-state index in [0.717, 1.165) is 5.56 Å². The molecule has 1 fully saturated rings. The van der Waals surface area contributed by atoms with Gasteiger partial charge in [0.1, 0.15) is 5.82 Å². The Labute approximate surface area is 167 Å². The highest BCUT2D eigenvalue weighted by atomic mass is 32.2. The zero-order valence-electron chi connectivity index (χ0n) is 16.9. The van der Waals surface area contributed by atoms with E-state index >= 15 is 0 Å². The lowest BCUT2D eigenvalue weighted by molar-refractivity contribution is 0.0904. The van der Waals surface area contributed by atoms with Gasteiger partial charge in [0, 0.05) is 32.7 Å². The third-order valence-corrected chi connectivity index (χ3v) is 6.19. The van der Waals surface area contributed by atoms with Gasteiger partial charge in [-0.05, 0) is 38.5 Å². The normalized spacial score (nSPS) is 16.6. The van der Waals surface area contributed by atoms with Crippen LogP contribution >= 0.6 is 0 Å². The monoisotopic (exact) mass is 414 g/mol. The SMILES string of the molecule is CCNC(=NCc1cccc(F)c1)N1CCN(S(=O)(=O)CCOC(C)C)CC1. The molecule has 1 aliphatic rings. The molecule has 0 bridgehead atoms. The summed E-state index contributed by atoms with van der Waals surface area (Å²) in [7, 11) is -3.32. The number of guanidine groups is 1. The minimum atomic E-state index is -3.32. The lowest BCUT2D eigenvalue weighted by Gasteiger charge is -2.36. The summed E-state index contributed by atoms with van der Waals surface area (Å²) in [6.07, 6.45) is 0.0176. The van der Waals surface area contributed by atoms with E-state index in [1.807, 2.05) is 31.7 Å². The molecule has 0 aromatic heterocycles. The predicted octanol–water partition coefficient (Wildman–Crippen LogP) is 1.66. The molecule has 1 N–H and O–H groups in total. The van der Waals surface area contributed by atoms with Gasteiger partial charge in [-0.1, -0.05) is 12.1 Å². The molecule has 0 saturated carbocycles. The molecule has 1 aliphatic heterocycles. The first-order valence-corrected chi connectivity index (χ1v) is 11.3. The highest BCUT2D eigenvalue weighted by Crippen LogP contribution is 2.10. The minimum absolute atomic E-state index is 0.00108. The van der Waals surface area contributed by atoms with Crippen LogP contribution < -0.4 is 5.32 Å². The molecule has 0 radical (unpaired) electrons. The standard InChI is InChI=1S/C19H31FN4O3S/c1-4-21-19(22-15-17-6-5-7-18(20)14-17)23-8-10-24(11-9-23)28(25,26)13-12-27-16(2)3/h5-7,14,16H,4,8-13,15H2,1-3H3,(H,21,22). The van der Waals surface area contributed by atoms with Gasteiger partial charge in [0.05, 0.1) is 25.0 Å². The molecule has 0 amide bonds. The maximum absolute atomic E-state index is 13.3. The molecule has 158 valence electrons. The number of nitrogens with one attached hydrogen (secondary N) is 1. The fourth-order valence-electron chi connectivity index (χ4n) is 2.92. The third kappa shape index (κ3) is 7.03. The van der Waals surface area contributed by atoms with Crippen molar-refractivity contribution in [3.63, 3.8) is 0 Å². The fourth-order valence-corrected chi connectivity index (χ4v) is 4.21. The van der Waals surface area contributed by atoms with Crippen LogP contribution in [0.4, 0.5) is 4.39 Å². The Morgan fingerprint density at radius 2 is 2.00 bits per heavy atom. The van der Waals surface area contributed by atoms with Crippen LogP contribution in [-0.2, 0) is 21.3 Å². The van der Waals surface area contributed by atoms with Crippen molar-refractivity contribution < 1.29 is 17.5 Å². The predicted molar refractivity (Wildman–Crippen MR) is 109 cm³/mol. The molecule has 7 nitrogen and oxygen atoms in total. The molecule has 0 atom stereocenters. The van der Waals surface area contributed by atoms with Gasteiger partial charge in [0.15, 0.2) is 5.96 Å². The number of rotatable bonds is 8. The molecule has 0 aliphatic carbocycles. The topological polar surface area (TPSA) is 74.2 Å². The van der Waals surface area contributed by atoms with Crippen molar-refractivity contribution in [3.05, 3.63) is 35.6 Å². The summed E-state index contributed by atoms with van der Waals surface area (Å²) in [5.74, 6) is 0.434. The lowest BCUT2D eigenvalue weighted by atomic mass is 10.2. The lowest BCUT2D eigenvalue weighted by Crippen LogP contribution is -2.54. The first-order chi connectivity index (χ1) is 13.3. The first-order valence-electron chi connectivity index (χ1n) is 9.69. The van der Waals surface area contributed by atoms with Gasteiger partial charge in [-0.15, -0.1) is 0 Å². The highest BCUT2D eigenvalue weighted by molar-refractivity contribution is 7.89. The number of piperazine rings is 1. The number of hydrogen-bond acceptors (Lipinski definition) is 4. The number of benzene rings is 1. The summed E-state index contributed by atoms with van der Waals surface area (Å²) >= 11 is 0. The molecular formula is C19H31FN4O3S. The van der Waals surface area contributed by atoms with E-state index in [2.05, 4.69) is 10.3 Å².